The third kappa shape index (κ3) is 4.17. The molecule has 0 spiro atoms. The monoisotopic (exact) mass is 451 g/mol. The van der Waals surface area contributed by atoms with Gasteiger partial charge in [0.05, 0.1) is 18.1 Å². The lowest BCUT2D eigenvalue weighted by Crippen LogP contribution is -2.27. The van der Waals surface area contributed by atoms with Crippen molar-refractivity contribution in [2.75, 3.05) is 6.61 Å². The Morgan fingerprint density at radius 2 is 2.04 bits per heavy atom. The third-order valence-corrected chi connectivity index (χ3v) is 5.18. The first kappa shape index (κ1) is 19.4. The van der Waals surface area contributed by atoms with Crippen LogP contribution in [0, 0.1) is 5.82 Å². The Morgan fingerprint density at radius 3 is 2.74 bits per heavy atom. The van der Waals surface area contributed by atoms with Gasteiger partial charge in [0.1, 0.15) is 5.82 Å². The fraction of sp³-hybridized carbons (Fsp3) is 0.158. The maximum atomic E-state index is 13.8. The van der Waals surface area contributed by atoms with Crippen LogP contribution in [0.25, 0.3) is 6.08 Å². The van der Waals surface area contributed by atoms with Gasteiger partial charge < -0.3 is 9.84 Å². The summed E-state index contributed by atoms with van der Waals surface area (Å²) in [6.07, 6.45) is 1.43. The highest BCUT2D eigenvalue weighted by Crippen LogP contribution is 2.39. The van der Waals surface area contributed by atoms with Gasteiger partial charge in [-0.3, -0.25) is 14.5 Å². The summed E-state index contributed by atoms with van der Waals surface area (Å²) >= 11 is 4.07. The van der Waals surface area contributed by atoms with Crippen molar-refractivity contribution in [3.63, 3.8) is 0 Å². The van der Waals surface area contributed by atoms with Gasteiger partial charge in [0.15, 0.2) is 11.5 Å². The lowest BCUT2D eigenvalue weighted by molar-refractivity contribution is -0.123. The molecule has 1 fully saturated rings. The van der Waals surface area contributed by atoms with E-state index in [4.69, 9.17) is 4.74 Å². The first-order valence-electron chi connectivity index (χ1n) is 8.04. The molecule has 5 nitrogen and oxygen atoms in total. The molecule has 0 atom stereocenters. The number of hydrogen-bond acceptors (Lipinski definition) is 5. The zero-order valence-corrected chi connectivity index (χ0v) is 16.6. The number of aromatic hydroxyl groups is 1. The molecule has 3 rings (SSSR count). The molecule has 0 bridgehead atoms. The Kier molecular flexibility index (Phi) is 5.86. The highest BCUT2D eigenvalue weighted by molar-refractivity contribution is 9.10. The van der Waals surface area contributed by atoms with Crippen LogP contribution in [-0.4, -0.2) is 27.8 Å². The van der Waals surface area contributed by atoms with Crippen LogP contribution in [0.5, 0.6) is 11.5 Å². The molecule has 1 saturated heterocycles. The molecule has 27 heavy (non-hydrogen) atoms. The van der Waals surface area contributed by atoms with E-state index >= 15 is 0 Å². The molecule has 0 unspecified atom stereocenters. The summed E-state index contributed by atoms with van der Waals surface area (Å²) in [7, 11) is 0. The smallest absolute Gasteiger partial charge is 0.293 e. The summed E-state index contributed by atoms with van der Waals surface area (Å²) in [5.41, 5.74) is 0.592. The second kappa shape index (κ2) is 8.14. The Hall–Kier alpha value is -2.32. The Bertz CT molecular complexity index is 947. The van der Waals surface area contributed by atoms with E-state index in [9.17, 15) is 19.1 Å². The number of rotatable bonds is 5. The maximum Gasteiger partial charge on any atom is 0.293 e. The number of amides is 2. The molecule has 8 heteroatoms. The molecule has 1 aliphatic rings. The van der Waals surface area contributed by atoms with Crippen molar-refractivity contribution < 1.29 is 23.8 Å². The number of phenolic OH excluding ortho intramolecular Hbond substituents is 1. The van der Waals surface area contributed by atoms with Crippen LogP contribution < -0.4 is 4.74 Å². The number of phenols is 1. The Balaban J connectivity index is 1.90. The van der Waals surface area contributed by atoms with Gasteiger partial charge in [-0.05, 0) is 43.0 Å². The van der Waals surface area contributed by atoms with Crippen LogP contribution in [0.2, 0.25) is 0 Å². The molecule has 0 aliphatic carbocycles. The van der Waals surface area contributed by atoms with E-state index in [0.717, 1.165) is 16.7 Å². The van der Waals surface area contributed by atoms with E-state index in [2.05, 4.69) is 15.9 Å². The van der Waals surface area contributed by atoms with Crippen LogP contribution in [-0.2, 0) is 11.3 Å². The molecule has 2 aromatic rings. The standard InChI is InChI=1S/C19H15BrFNO4S/c1-2-26-15-9-13(20)7-12(17(15)23)8-16-18(24)22(19(25)27-16)10-11-5-3-4-6-14(11)21/h3-9,23H,2,10H2,1H3/b16-8-. The third-order valence-electron chi connectivity index (χ3n) is 3.82. The van der Waals surface area contributed by atoms with E-state index in [1.807, 2.05) is 0 Å². The number of benzene rings is 2. The lowest BCUT2D eigenvalue weighted by atomic mass is 10.1. The number of ether oxygens (including phenoxy) is 1. The van der Waals surface area contributed by atoms with Gasteiger partial charge in [0.25, 0.3) is 11.1 Å². The zero-order valence-electron chi connectivity index (χ0n) is 14.2. The van der Waals surface area contributed by atoms with Gasteiger partial charge in [-0.1, -0.05) is 34.1 Å². The summed E-state index contributed by atoms with van der Waals surface area (Å²) in [6.45, 7) is 2.00. The van der Waals surface area contributed by atoms with Crippen molar-refractivity contribution >= 4 is 44.9 Å². The average molecular weight is 452 g/mol. The summed E-state index contributed by atoms with van der Waals surface area (Å²) in [6, 6.07) is 9.21. The molecule has 1 heterocycles. The fourth-order valence-electron chi connectivity index (χ4n) is 2.54. The molecular formula is C19H15BrFNO4S. The first-order valence-corrected chi connectivity index (χ1v) is 9.65. The summed E-state index contributed by atoms with van der Waals surface area (Å²) < 4.78 is 19.8. The SMILES string of the molecule is CCOc1cc(Br)cc(/C=C2\SC(=O)N(Cc3ccccc3F)C2=O)c1O. The van der Waals surface area contributed by atoms with Gasteiger partial charge in [-0.15, -0.1) is 0 Å². The lowest BCUT2D eigenvalue weighted by Gasteiger charge is -2.13. The van der Waals surface area contributed by atoms with E-state index < -0.39 is 17.0 Å². The van der Waals surface area contributed by atoms with E-state index in [-0.39, 0.29) is 28.5 Å². The second-order valence-corrected chi connectivity index (χ2v) is 7.54. The van der Waals surface area contributed by atoms with Gasteiger partial charge in [0.2, 0.25) is 0 Å². The Morgan fingerprint density at radius 1 is 1.30 bits per heavy atom. The van der Waals surface area contributed by atoms with Gasteiger partial charge in [-0.25, -0.2) is 4.39 Å². The summed E-state index contributed by atoms with van der Waals surface area (Å²) in [5.74, 6) is -0.873. The van der Waals surface area contributed by atoms with Crippen molar-refractivity contribution in [2.45, 2.75) is 13.5 Å². The summed E-state index contributed by atoms with van der Waals surface area (Å²) in [4.78, 5) is 26.0. The van der Waals surface area contributed by atoms with E-state index in [1.54, 1.807) is 31.2 Å². The second-order valence-electron chi connectivity index (χ2n) is 5.63. The Labute approximate surface area is 167 Å². The van der Waals surface area contributed by atoms with Crippen molar-refractivity contribution in [3.05, 3.63) is 62.7 Å². The van der Waals surface area contributed by atoms with Crippen LogP contribution >= 0.6 is 27.7 Å². The average Bonchev–Trinajstić information content (AvgIpc) is 2.88. The van der Waals surface area contributed by atoms with Crippen molar-refractivity contribution in [1.29, 1.82) is 0 Å². The molecule has 0 aromatic heterocycles. The normalized spacial score (nSPS) is 15.7. The van der Waals surface area contributed by atoms with Crippen LogP contribution in [0.1, 0.15) is 18.1 Å². The molecule has 1 N–H and O–H groups in total. The zero-order chi connectivity index (χ0) is 19.6. The number of nitrogens with zero attached hydrogens (tertiary/aromatic N) is 1. The van der Waals surface area contributed by atoms with Crippen LogP contribution in [0.3, 0.4) is 0 Å². The molecule has 0 saturated carbocycles. The highest BCUT2D eigenvalue weighted by Gasteiger charge is 2.35. The maximum absolute atomic E-state index is 13.8. The predicted octanol–water partition coefficient (Wildman–Crippen LogP) is 4.93. The highest BCUT2D eigenvalue weighted by atomic mass is 79.9. The van der Waals surface area contributed by atoms with E-state index in [1.165, 1.54) is 18.2 Å². The minimum Gasteiger partial charge on any atom is -0.504 e. The number of carbonyl (C=O) groups is 2. The number of hydrogen-bond donors (Lipinski definition) is 1. The summed E-state index contributed by atoms with van der Waals surface area (Å²) in [5, 5.41) is 9.84. The first-order chi connectivity index (χ1) is 12.9. The number of thioether (sulfide) groups is 1. The molecule has 2 amide bonds. The quantitative estimate of drug-likeness (QED) is 0.652. The largest absolute Gasteiger partial charge is 0.504 e. The minimum atomic E-state index is -0.536. The molecule has 2 aromatic carbocycles. The minimum absolute atomic E-state index is 0.124. The number of carbonyl (C=O) groups excluding carboxylic acids is 2. The van der Waals surface area contributed by atoms with Gasteiger partial charge >= 0.3 is 0 Å². The molecule has 0 radical (unpaired) electrons. The van der Waals surface area contributed by atoms with Crippen LogP contribution in [0.4, 0.5) is 9.18 Å². The van der Waals surface area contributed by atoms with Crippen molar-refractivity contribution in [3.8, 4) is 11.5 Å². The van der Waals surface area contributed by atoms with Gasteiger partial charge in [-0.2, -0.15) is 0 Å². The molecule has 1 aliphatic heterocycles. The van der Waals surface area contributed by atoms with E-state index in [0.29, 0.717) is 16.6 Å². The van der Waals surface area contributed by atoms with Crippen molar-refractivity contribution in [1.82, 2.24) is 4.90 Å². The van der Waals surface area contributed by atoms with Crippen molar-refractivity contribution in [2.24, 2.45) is 0 Å². The fourth-order valence-corrected chi connectivity index (χ4v) is 3.83. The predicted molar refractivity (Wildman–Crippen MR) is 105 cm³/mol. The number of halogens is 2. The molecular weight excluding hydrogens is 437 g/mol. The van der Waals surface area contributed by atoms with Crippen LogP contribution in [0.15, 0.2) is 45.8 Å². The molecule has 140 valence electrons. The van der Waals surface area contributed by atoms with Gasteiger partial charge in [0, 0.05) is 15.6 Å². The topological polar surface area (TPSA) is 66.8 Å². The number of imide groups is 1.